The number of ether oxygens (including phenoxy) is 1. The second-order valence-corrected chi connectivity index (χ2v) is 4.98. The number of carbonyl (C=O) groups excluding carboxylic acids is 1. The molecule has 98 valence electrons. The van der Waals surface area contributed by atoms with Crippen molar-refractivity contribution in [2.45, 2.75) is 13.8 Å². The van der Waals surface area contributed by atoms with Crippen molar-refractivity contribution in [1.82, 2.24) is 9.97 Å². The molecule has 1 aromatic carbocycles. The van der Waals surface area contributed by atoms with Crippen LogP contribution in [-0.4, -0.2) is 22.9 Å². The summed E-state index contributed by atoms with van der Waals surface area (Å²) in [5.74, 6) is 0.848. The third-order valence-corrected chi connectivity index (χ3v) is 3.24. The zero-order valence-corrected chi connectivity index (χ0v) is 12.5. The Bertz CT molecular complexity index is 641. The van der Waals surface area contributed by atoms with E-state index in [2.05, 4.69) is 25.9 Å². The first-order chi connectivity index (χ1) is 9.01. The Kier molecular flexibility index (Phi) is 3.95. The largest absolute Gasteiger partial charge is 0.496 e. The van der Waals surface area contributed by atoms with Crippen LogP contribution in [0, 0.1) is 6.92 Å². The molecule has 0 spiro atoms. The number of benzene rings is 1. The van der Waals surface area contributed by atoms with Crippen molar-refractivity contribution in [1.29, 1.82) is 0 Å². The molecule has 0 saturated carbocycles. The monoisotopic (exact) mass is 320 g/mol. The van der Waals surface area contributed by atoms with Crippen molar-refractivity contribution in [3.8, 4) is 17.0 Å². The third-order valence-electron chi connectivity index (χ3n) is 2.62. The summed E-state index contributed by atoms with van der Waals surface area (Å²) in [5, 5.41) is 0. The number of aryl methyl sites for hydroxylation is 1. The molecule has 0 radical (unpaired) electrons. The highest BCUT2D eigenvalue weighted by molar-refractivity contribution is 9.10. The summed E-state index contributed by atoms with van der Waals surface area (Å²) < 4.78 is 6.03. The van der Waals surface area contributed by atoms with Crippen LogP contribution in [0.4, 0.5) is 0 Å². The van der Waals surface area contributed by atoms with E-state index in [1.165, 1.54) is 6.92 Å². The van der Waals surface area contributed by atoms with Gasteiger partial charge in [-0.3, -0.25) is 4.79 Å². The van der Waals surface area contributed by atoms with Crippen LogP contribution in [0.5, 0.6) is 5.75 Å². The summed E-state index contributed by atoms with van der Waals surface area (Å²) in [4.78, 5) is 19.8. The lowest BCUT2D eigenvalue weighted by Gasteiger charge is -2.07. The minimum absolute atomic E-state index is 0.141. The van der Waals surface area contributed by atoms with Crippen molar-refractivity contribution in [3.05, 3.63) is 40.3 Å². The molecule has 0 amide bonds. The fourth-order valence-electron chi connectivity index (χ4n) is 1.70. The van der Waals surface area contributed by atoms with Gasteiger partial charge in [0.05, 0.1) is 17.3 Å². The maximum absolute atomic E-state index is 11.4. The molecule has 0 saturated heterocycles. The number of ketones is 1. The van der Waals surface area contributed by atoms with E-state index in [1.54, 1.807) is 7.11 Å². The lowest BCUT2D eigenvalue weighted by atomic mass is 10.1. The van der Waals surface area contributed by atoms with E-state index in [0.717, 1.165) is 27.2 Å². The summed E-state index contributed by atoms with van der Waals surface area (Å²) in [6.07, 6.45) is 0. The first-order valence-corrected chi connectivity index (χ1v) is 6.51. The van der Waals surface area contributed by atoms with E-state index in [1.807, 2.05) is 31.2 Å². The van der Waals surface area contributed by atoms with Crippen LogP contribution in [0.2, 0.25) is 0 Å². The molecule has 2 rings (SSSR count). The van der Waals surface area contributed by atoms with Crippen molar-refractivity contribution in [3.63, 3.8) is 0 Å². The van der Waals surface area contributed by atoms with E-state index in [9.17, 15) is 4.79 Å². The van der Waals surface area contributed by atoms with Gasteiger partial charge in [-0.15, -0.1) is 0 Å². The van der Waals surface area contributed by atoms with Gasteiger partial charge in [-0.25, -0.2) is 9.97 Å². The van der Waals surface area contributed by atoms with Gasteiger partial charge >= 0.3 is 0 Å². The summed E-state index contributed by atoms with van der Waals surface area (Å²) in [6, 6.07) is 7.50. The first-order valence-electron chi connectivity index (χ1n) is 5.72. The van der Waals surface area contributed by atoms with Crippen LogP contribution in [0.3, 0.4) is 0 Å². The fraction of sp³-hybridized carbons (Fsp3) is 0.214. The topological polar surface area (TPSA) is 52.1 Å². The van der Waals surface area contributed by atoms with Gasteiger partial charge < -0.3 is 4.74 Å². The number of carbonyl (C=O) groups is 1. The van der Waals surface area contributed by atoms with Crippen molar-refractivity contribution in [2.24, 2.45) is 0 Å². The van der Waals surface area contributed by atoms with Gasteiger partial charge in [0, 0.05) is 18.2 Å². The van der Waals surface area contributed by atoms with Crippen molar-refractivity contribution < 1.29 is 9.53 Å². The van der Waals surface area contributed by atoms with Crippen LogP contribution in [0.15, 0.2) is 28.7 Å². The van der Waals surface area contributed by atoms with Gasteiger partial charge in [0.15, 0.2) is 11.6 Å². The average molecular weight is 321 g/mol. The number of nitrogens with zero attached hydrogens (tertiary/aromatic N) is 2. The lowest BCUT2D eigenvalue weighted by molar-refractivity contribution is 0.100. The number of rotatable bonds is 3. The Hall–Kier alpha value is -1.75. The van der Waals surface area contributed by atoms with Crippen molar-refractivity contribution >= 4 is 21.7 Å². The predicted molar refractivity (Wildman–Crippen MR) is 76.5 cm³/mol. The number of Topliss-reactive ketones (excluding diaryl/α,β-unsaturated/α-hetero) is 1. The SMILES string of the molecule is COc1ccc(-c2cc(C)nc(C(C)=O)n2)cc1Br. The molecule has 1 heterocycles. The Morgan fingerprint density at radius 1 is 1.26 bits per heavy atom. The van der Waals surface area contributed by atoms with Gasteiger partial charge in [0.2, 0.25) is 0 Å². The normalized spacial score (nSPS) is 10.3. The van der Waals surface area contributed by atoms with Gasteiger partial charge in [-0.05, 0) is 47.1 Å². The molecule has 0 N–H and O–H groups in total. The lowest BCUT2D eigenvalue weighted by Crippen LogP contribution is -2.03. The molecule has 4 nitrogen and oxygen atoms in total. The molecule has 0 unspecified atom stereocenters. The van der Waals surface area contributed by atoms with Gasteiger partial charge in [-0.1, -0.05) is 0 Å². The third kappa shape index (κ3) is 2.98. The van der Waals surface area contributed by atoms with Gasteiger partial charge in [0.25, 0.3) is 0 Å². The molecular formula is C14H13BrN2O2. The first kappa shape index (κ1) is 13.7. The second kappa shape index (κ2) is 5.48. The molecular weight excluding hydrogens is 308 g/mol. The van der Waals surface area contributed by atoms with E-state index >= 15 is 0 Å². The van der Waals surface area contributed by atoms with E-state index < -0.39 is 0 Å². The van der Waals surface area contributed by atoms with Crippen LogP contribution >= 0.6 is 15.9 Å². The predicted octanol–water partition coefficient (Wildman–Crippen LogP) is 3.43. The minimum atomic E-state index is -0.141. The standard InChI is InChI=1S/C14H13BrN2O2/c1-8-6-12(17-14(16-8)9(2)18)10-4-5-13(19-3)11(15)7-10/h4-7H,1-3H3. The van der Waals surface area contributed by atoms with Gasteiger partial charge in [0.1, 0.15) is 5.75 Å². The number of hydrogen-bond acceptors (Lipinski definition) is 4. The Balaban J connectivity index is 2.52. The number of hydrogen-bond donors (Lipinski definition) is 0. The fourth-order valence-corrected chi connectivity index (χ4v) is 2.24. The average Bonchev–Trinajstić information content (AvgIpc) is 2.37. The van der Waals surface area contributed by atoms with Crippen LogP contribution in [0.1, 0.15) is 23.2 Å². The molecule has 0 aliphatic rings. The molecule has 0 bridgehead atoms. The van der Waals surface area contributed by atoms with Gasteiger partial charge in [-0.2, -0.15) is 0 Å². The highest BCUT2D eigenvalue weighted by atomic mass is 79.9. The summed E-state index contributed by atoms with van der Waals surface area (Å²) >= 11 is 3.44. The Morgan fingerprint density at radius 3 is 2.58 bits per heavy atom. The van der Waals surface area contributed by atoms with E-state index in [-0.39, 0.29) is 11.6 Å². The Labute approximate surface area is 120 Å². The second-order valence-electron chi connectivity index (χ2n) is 4.12. The van der Waals surface area contributed by atoms with Crippen molar-refractivity contribution in [2.75, 3.05) is 7.11 Å². The Morgan fingerprint density at radius 2 is 2.00 bits per heavy atom. The summed E-state index contributed by atoms with van der Waals surface area (Å²) in [5.41, 5.74) is 2.39. The summed E-state index contributed by atoms with van der Waals surface area (Å²) in [7, 11) is 1.61. The molecule has 0 aliphatic heterocycles. The molecule has 0 fully saturated rings. The molecule has 5 heteroatoms. The molecule has 2 aromatic rings. The summed E-state index contributed by atoms with van der Waals surface area (Å²) in [6.45, 7) is 3.30. The maximum atomic E-state index is 11.4. The van der Waals surface area contributed by atoms with Crippen LogP contribution in [0.25, 0.3) is 11.3 Å². The highest BCUT2D eigenvalue weighted by Crippen LogP contribution is 2.29. The number of aromatic nitrogens is 2. The molecule has 19 heavy (non-hydrogen) atoms. The minimum Gasteiger partial charge on any atom is -0.496 e. The number of methoxy groups -OCH3 is 1. The quantitative estimate of drug-likeness (QED) is 0.813. The molecule has 1 aromatic heterocycles. The highest BCUT2D eigenvalue weighted by Gasteiger charge is 2.09. The van der Waals surface area contributed by atoms with Crippen LogP contribution < -0.4 is 4.74 Å². The van der Waals surface area contributed by atoms with E-state index in [4.69, 9.17) is 4.74 Å². The van der Waals surface area contributed by atoms with E-state index in [0.29, 0.717) is 0 Å². The number of halogens is 1. The zero-order valence-electron chi connectivity index (χ0n) is 10.9. The maximum Gasteiger partial charge on any atom is 0.196 e. The molecule has 0 aliphatic carbocycles. The zero-order chi connectivity index (χ0) is 14.0. The smallest absolute Gasteiger partial charge is 0.196 e. The van der Waals surface area contributed by atoms with Crippen LogP contribution in [-0.2, 0) is 0 Å². The molecule has 0 atom stereocenters.